The van der Waals surface area contributed by atoms with Crippen LogP contribution in [0.25, 0.3) is 11.0 Å². The molecule has 1 N–H and O–H groups in total. The second kappa shape index (κ2) is 7.83. The summed E-state index contributed by atoms with van der Waals surface area (Å²) in [5.74, 6) is 1.12. The predicted octanol–water partition coefficient (Wildman–Crippen LogP) is 2.63. The number of ether oxygens (including phenoxy) is 2. The van der Waals surface area contributed by atoms with E-state index < -0.39 is 11.1 Å². The van der Waals surface area contributed by atoms with Gasteiger partial charge in [0.25, 0.3) is 0 Å². The van der Waals surface area contributed by atoms with Crippen LogP contribution in [0.1, 0.15) is 13.8 Å². The van der Waals surface area contributed by atoms with E-state index in [0.29, 0.717) is 34.0 Å². The fraction of sp³-hybridized carbons (Fsp3) is 0.286. The number of anilines is 1. The minimum atomic E-state index is -0.648. The summed E-state index contributed by atoms with van der Waals surface area (Å²) in [4.78, 5) is 36.7. The third-order valence-corrected chi connectivity index (χ3v) is 4.66. The van der Waals surface area contributed by atoms with Gasteiger partial charge in [0.1, 0.15) is 11.5 Å². The number of hydrogen-bond donors (Lipinski definition) is 1. The Hall–Kier alpha value is -3.55. The number of carbonyl (C=O) groups excluding carboxylic acids is 1. The summed E-state index contributed by atoms with van der Waals surface area (Å²) >= 11 is 0. The van der Waals surface area contributed by atoms with Crippen LogP contribution in [0.15, 0.2) is 46.0 Å². The molecule has 0 radical (unpaired) electrons. The van der Waals surface area contributed by atoms with E-state index in [-0.39, 0.29) is 11.8 Å². The van der Waals surface area contributed by atoms with E-state index in [1.54, 1.807) is 57.4 Å². The molecule has 0 aliphatic heterocycles. The Morgan fingerprint density at radius 3 is 1.97 bits per heavy atom. The Labute approximate surface area is 167 Å². The first-order valence-corrected chi connectivity index (χ1v) is 9.09. The molecule has 0 saturated heterocycles. The first-order valence-electron chi connectivity index (χ1n) is 9.09. The molecule has 0 saturated carbocycles. The number of rotatable bonds is 5. The van der Waals surface area contributed by atoms with E-state index in [2.05, 4.69) is 5.32 Å². The highest BCUT2D eigenvalue weighted by Gasteiger charge is 2.17. The Kier molecular flexibility index (Phi) is 5.45. The summed E-state index contributed by atoms with van der Waals surface area (Å²) in [5.41, 5.74) is 0.112. The maximum absolute atomic E-state index is 12.3. The van der Waals surface area contributed by atoms with Crippen molar-refractivity contribution in [1.82, 2.24) is 9.13 Å². The van der Waals surface area contributed by atoms with Crippen molar-refractivity contribution in [2.24, 2.45) is 20.0 Å². The minimum Gasteiger partial charge on any atom is -0.497 e. The number of amides is 1. The van der Waals surface area contributed by atoms with Crippen LogP contribution in [-0.4, -0.2) is 22.2 Å². The van der Waals surface area contributed by atoms with Crippen LogP contribution in [-0.2, 0) is 18.9 Å². The SMILES string of the molecule is COc1ccc(Oc2cc3c(cc2NC(=O)C(C)C)n(C)c(=O)c(=O)n3C)cc1. The molecule has 0 bridgehead atoms. The van der Waals surface area contributed by atoms with E-state index in [0.717, 1.165) is 0 Å². The molecule has 1 aromatic heterocycles. The average Bonchev–Trinajstić information content (AvgIpc) is 2.71. The second-order valence-electron chi connectivity index (χ2n) is 6.99. The van der Waals surface area contributed by atoms with E-state index in [4.69, 9.17) is 9.47 Å². The molecule has 0 aliphatic rings. The smallest absolute Gasteiger partial charge is 0.316 e. The lowest BCUT2D eigenvalue weighted by molar-refractivity contribution is -0.118. The van der Waals surface area contributed by atoms with Crippen molar-refractivity contribution in [2.45, 2.75) is 13.8 Å². The van der Waals surface area contributed by atoms with Gasteiger partial charge in [-0.3, -0.25) is 14.4 Å². The average molecular weight is 397 g/mol. The maximum atomic E-state index is 12.3. The number of methoxy groups -OCH3 is 1. The molecule has 0 unspecified atom stereocenters. The molecule has 0 aliphatic carbocycles. The number of aromatic nitrogens is 2. The van der Waals surface area contributed by atoms with Gasteiger partial charge < -0.3 is 23.9 Å². The summed E-state index contributed by atoms with van der Waals surface area (Å²) in [5, 5.41) is 2.83. The standard InChI is InChI=1S/C21H23N3O5/c1-12(2)19(25)22-15-10-16-17(24(4)21(27)20(26)23(16)3)11-18(15)29-14-8-6-13(28-5)7-9-14/h6-12H,1-5H3,(H,22,25). The molecule has 2 aromatic carbocycles. The lowest BCUT2D eigenvalue weighted by Crippen LogP contribution is -2.39. The molecule has 1 heterocycles. The number of benzene rings is 2. The summed E-state index contributed by atoms with van der Waals surface area (Å²) in [7, 11) is 4.61. The van der Waals surface area contributed by atoms with Crippen molar-refractivity contribution >= 4 is 22.6 Å². The molecule has 0 spiro atoms. The zero-order chi connectivity index (χ0) is 21.3. The van der Waals surface area contributed by atoms with Gasteiger partial charge in [0.05, 0.1) is 23.8 Å². The number of carbonyl (C=O) groups is 1. The van der Waals surface area contributed by atoms with Crippen LogP contribution < -0.4 is 25.9 Å². The molecular formula is C21H23N3O5. The monoisotopic (exact) mass is 397 g/mol. The van der Waals surface area contributed by atoms with Gasteiger partial charge in [0.2, 0.25) is 5.91 Å². The molecule has 29 heavy (non-hydrogen) atoms. The molecule has 152 valence electrons. The van der Waals surface area contributed by atoms with Gasteiger partial charge >= 0.3 is 11.1 Å². The highest BCUT2D eigenvalue weighted by Crippen LogP contribution is 2.34. The van der Waals surface area contributed by atoms with Gasteiger partial charge in [-0.1, -0.05) is 13.8 Å². The van der Waals surface area contributed by atoms with Crippen LogP contribution in [0, 0.1) is 5.92 Å². The highest BCUT2D eigenvalue weighted by molar-refractivity contribution is 5.96. The number of fused-ring (bicyclic) bond motifs is 1. The first kappa shape index (κ1) is 20.2. The zero-order valence-corrected chi connectivity index (χ0v) is 17.0. The normalized spacial score (nSPS) is 11.0. The van der Waals surface area contributed by atoms with Crippen molar-refractivity contribution in [3.8, 4) is 17.2 Å². The number of aryl methyl sites for hydroxylation is 2. The van der Waals surface area contributed by atoms with Crippen molar-refractivity contribution in [3.63, 3.8) is 0 Å². The number of nitrogens with one attached hydrogen (secondary N) is 1. The topological polar surface area (TPSA) is 91.6 Å². The summed E-state index contributed by atoms with van der Waals surface area (Å²) in [6.45, 7) is 3.56. The lowest BCUT2D eigenvalue weighted by atomic mass is 10.2. The fourth-order valence-corrected chi connectivity index (χ4v) is 2.83. The van der Waals surface area contributed by atoms with E-state index in [1.807, 2.05) is 0 Å². The molecule has 3 aromatic rings. The highest BCUT2D eigenvalue weighted by atomic mass is 16.5. The van der Waals surface area contributed by atoms with Crippen LogP contribution >= 0.6 is 0 Å². The lowest BCUT2D eigenvalue weighted by Gasteiger charge is -2.17. The van der Waals surface area contributed by atoms with E-state index in [9.17, 15) is 14.4 Å². The first-order chi connectivity index (χ1) is 13.7. The number of hydrogen-bond acceptors (Lipinski definition) is 5. The molecule has 0 atom stereocenters. The molecule has 8 nitrogen and oxygen atoms in total. The van der Waals surface area contributed by atoms with Gasteiger partial charge in [-0.05, 0) is 30.3 Å². The van der Waals surface area contributed by atoms with Crippen molar-refractivity contribution in [2.75, 3.05) is 12.4 Å². The van der Waals surface area contributed by atoms with Gasteiger partial charge in [-0.2, -0.15) is 0 Å². The largest absolute Gasteiger partial charge is 0.497 e. The Morgan fingerprint density at radius 2 is 1.45 bits per heavy atom. The van der Waals surface area contributed by atoms with Crippen molar-refractivity contribution < 1.29 is 14.3 Å². The molecular weight excluding hydrogens is 374 g/mol. The maximum Gasteiger partial charge on any atom is 0.316 e. The molecule has 0 fully saturated rings. The van der Waals surface area contributed by atoms with Crippen molar-refractivity contribution in [1.29, 1.82) is 0 Å². The summed E-state index contributed by atoms with van der Waals surface area (Å²) in [6, 6.07) is 10.2. The van der Waals surface area contributed by atoms with Crippen molar-refractivity contribution in [3.05, 3.63) is 57.1 Å². The third kappa shape index (κ3) is 3.87. The van der Waals surface area contributed by atoms with Crippen LogP contribution in [0.5, 0.6) is 17.2 Å². The van der Waals surface area contributed by atoms with Crippen LogP contribution in [0.3, 0.4) is 0 Å². The number of nitrogens with zero attached hydrogens (tertiary/aromatic N) is 2. The molecule has 1 amide bonds. The molecule has 3 rings (SSSR count). The quantitative estimate of drug-likeness (QED) is 0.669. The van der Waals surface area contributed by atoms with Gasteiger partial charge in [-0.25, -0.2) is 0 Å². The fourth-order valence-electron chi connectivity index (χ4n) is 2.83. The Bertz CT molecular complexity index is 1190. The molecule has 8 heteroatoms. The van der Waals surface area contributed by atoms with Gasteiger partial charge in [0.15, 0.2) is 5.75 Å². The van der Waals surface area contributed by atoms with Gasteiger partial charge in [0, 0.05) is 26.1 Å². The van der Waals surface area contributed by atoms with E-state index >= 15 is 0 Å². The van der Waals surface area contributed by atoms with E-state index in [1.165, 1.54) is 23.2 Å². The summed E-state index contributed by atoms with van der Waals surface area (Å²) in [6.07, 6.45) is 0. The summed E-state index contributed by atoms with van der Waals surface area (Å²) < 4.78 is 13.7. The van der Waals surface area contributed by atoms with Crippen LogP contribution in [0.2, 0.25) is 0 Å². The second-order valence-corrected chi connectivity index (χ2v) is 6.99. The Balaban J connectivity index is 2.19. The minimum absolute atomic E-state index is 0.196. The zero-order valence-electron chi connectivity index (χ0n) is 17.0. The van der Waals surface area contributed by atoms with Crippen LogP contribution in [0.4, 0.5) is 5.69 Å². The third-order valence-electron chi connectivity index (χ3n) is 4.66. The Morgan fingerprint density at radius 1 is 0.931 bits per heavy atom. The van der Waals surface area contributed by atoms with Gasteiger partial charge in [-0.15, -0.1) is 0 Å². The predicted molar refractivity (Wildman–Crippen MR) is 111 cm³/mol.